The lowest BCUT2D eigenvalue weighted by Gasteiger charge is -2.23. The number of nitrogens with one attached hydrogen (secondary N) is 1. The van der Waals surface area contributed by atoms with Gasteiger partial charge in [-0.1, -0.05) is 0 Å². The molecule has 0 aliphatic heterocycles. The van der Waals surface area contributed by atoms with Crippen molar-refractivity contribution in [2.45, 2.75) is 46.0 Å². The molecule has 0 fully saturated rings. The summed E-state index contributed by atoms with van der Waals surface area (Å²) >= 11 is 0. The first-order valence-corrected chi connectivity index (χ1v) is 6.90. The molecule has 0 unspecified atom stereocenters. The lowest BCUT2D eigenvalue weighted by atomic mass is 10.1. The normalized spacial score (nSPS) is 12.5. The van der Waals surface area contributed by atoms with Crippen LogP contribution in [0.25, 0.3) is 0 Å². The Balaban J connectivity index is 2.43. The van der Waals surface area contributed by atoms with E-state index >= 15 is 0 Å². The summed E-state index contributed by atoms with van der Waals surface area (Å²) in [5, 5.41) is 13.4. The fraction of sp³-hybridized carbons (Fsp3) is 0.538. The van der Waals surface area contributed by atoms with Gasteiger partial charge in [0.15, 0.2) is 5.69 Å². The Labute approximate surface area is 130 Å². The third-order valence-electron chi connectivity index (χ3n) is 3.10. The molecule has 126 valence electrons. The summed E-state index contributed by atoms with van der Waals surface area (Å²) in [6, 6.07) is 0. The van der Waals surface area contributed by atoms with E-state index in [1.54, 1.807) is 27.7 Å². The van der Waals surface area contributed by atoms with E-state index in [4.69, 9.17) is 0 Å². The van der Waals surface area contributed by atoms with Crippen molar-refractivity contribution in [1.82, 2.24) is 24.5 Å². The molecule has 2 heterocycles. The molecular weight excluding hydrogens is 313 g/mol. The van der Waals surface area contributed by atoms with Crippen molar-refractivity contribution in [2.75, 3.05) is 5.32 Å². The van der Waals surface area contributed by atoms with Gasteiger partial charge in [0.1, 0.15) is 6.33 Å². The van der Waals surface area contributed by atoms with Gasteiger partial charge in [-0.05, 0) is 27.7 Å². The summed E-state index contributed by atoms with van der Waals surface area (Å²) in [5.41, 5.74) is -2.57. The summed E-state index contributed by atoms with van der Waals surface area (Å²) in [4.78, 5) is 12.2. The van der Waals surface area contributed by atoms with Crippen molar-refractivity contribution < 1.29 is 18.0 Å². The molecule has 2 aromatic rings. The van der Waals surface area contributed by atoms with Crippen LogP contribution in [0.3, 0.4) is 0 Å². The van der Waals surface area contributed by atoms with Gasteiger partial charge in [0.25, 0.3) is 5.91 Å². The fourth-order valence-electron chi connectivity index (χ4n) is 2.05. The molecule has 0 bridgehead atoms. The highest BCUT2D eigenvalue weighted by atomic mass is 19.4. The monoisotopic (exact) mass is 330 g/mol. The average molecular weight is 330 g/mol. The Hall–Kier alpha value is -2.39. The molecule has 0 spiro atoms. The maximum atomic E-state index is 13.4. The maximum absolute atomic E-state index is 13.4. The summed E-state index contributed by atoms with van der Waals surface area (Å²) in [7, 11) is 0. The Kier molecular flexibility index (Phi) is 4.18. The van der Waals surface area contributed by atoms with E-state index in [0.717, 1.165) is 10.9 Å². The number of halogens is 3. The van der Waals surface area contributed by atoms with Crippen molar-refractivity contribution in [3.63, 3.8) is 0 Å². The number of aryl methyl sites for hydroxylation is 1. The highest BCUT2D eigenvalue weighted by Gasteiger charge is 2.42. The van der Waals surface area contributed by atoms with Crippen molar-refractivity contribution >= 4 is 11.9 Å². The molecule has 0 aromatic carbocycles. The Morgan fingerprint density at radius 3 is 2.48 bits per heavy atom. The number of carbonyl (C=O) groups is 1. The SMILES string of the molecule is CCn1cnnc1NC(=O)c1cnn(C(C)(C)C)c1C(F)(F)F. The van der Waals surface area contributed by atoms with E-state index < -0.39 is 28.9 Å². The van der Waals surface area contributed by atoms with Crippen LogP contribution in [0.5, 0.6) is 0 Å². The number of rotatable bonds is 3. The number of carbonyl (C=O) groups excluding carboxylic acids is 1. The maximum Gasteiger partial charge on any atom is 0.433 e. The van der Waals surface area contributed by atoms with Crippen LogP contribution in [0.1, 0.15) is 43.7 Å². The molecule has 10 heteroatoms. The van der Waals surface area contributed by atoms with Gasteiger partial charge >= 0.3 is 6.18 Å². The number of nitrogens with zero attached hydrogens (tertiary/aromatic N) is 5. The number of aromatic nitrogens is 5. The highest BCUT2D eigenvalue weighted by molar-refractivity contribution is 6.04. The number of hydrogen-bond acceptors (Lipinski definition) is 4. The fourth-order valence-corrected chi connectivity index (χ4v) is 2.05. The van der Waals surface area contributed by atoms with Crippen LogP contribution < -0.4 is 5.32 Å². The molecule has 2 aromatic heterocycles. The molecule has 0 saturated carbocycles. The van der Waals surface area contributed by atoms with Gasteiger partial charge in [-0.2, -0.15) is 18.3 Å². The van der Waals surface area contributed by atoms with Crippen LogP contribution in [-0.4, -0.2) is 30.5 Å². The van der Waals surface area contributed by atoms with Gasteiger partial charge in [0.05, 0.1) is 17.3 Å². The van der Waals surface area contributed by atoms with Gasteiger partial charge in [0, 0.05) is 6.54 Å². The molecule has 0 aliphatic rings. The van der Waals surface area contributed by atoms with Gasteiger partial charge in [-0.25, -0.2) is 0 Å². The van der Waals surface area contributed by atoms with Crippen LogP contribution in [0, 0.1) is 0 Å². The smallest absolute Gasteiger partial charge is 0.300 e. The minimum absolute atomic E-state index is 0.0779. The number of amides is 1. The van der Waals surface area contributed by atoms with Crippen LogP contribution in [0.4, 0.5) is 19.1 Å². The standard InChI is InChI=1S/C13H17F3N6O/c1-5-21-7-17-20-11(21)19-10(23)8-6-18-22(12(2,3)4)9(8)13(14,15)16/h6-7H,5H2,1-4H3,(H,19,20,23). The second-order valence-electron chi connectivity index (χ2n) is 5.88. The van der Waals surface area contributed by atoms with Crippen LogP contribution in [-0.2, 0) is 18.3 Å². The lowest BCUT2D eigenvalue weighted by Crippen LogP contribution is -2.30. The second kappa shape index (κ2) is 5.67. The molecule has 23 heavy (non-hydrogen) atoms. The molecule has 7 nitrogen and oxygen atoms in total. The van der Waals surface area contributed by atoms with E-state index in [2.05, 4.69) is 20.6 Å². The first-order valence-electron chi connectivity index (χ1n) is 6.90. The highest BCUT2D eigenvalue weighted by Crippen LogP contribution is 2.35. The van der Waals surface area contributed by atoms with Gasteiger partial charge < -0.3 is 0 Å². The lowest BCUT2D eigenvalue weighted by molar-refractivity contribution is -0.146. The topological polar surface area (TPSA) is 77.6 Å². The molecular formula is C13H17F3N6O. The average Bonchev–Trinajstić information content (AvgIpc) is 3.02. The van der Waals surface area contributed by atoms with E-state index in [1.165, 1.54) is 10.9 Å². The van der Waals surface area contributed by atoms with Gasteiger partial charge in [0.2, 0.25) is 5.95 Å². The third kappa shape index (κ3) is 3.35. The minimum atomic E-state index is -4.71. The second-order valence-corrected chi connectivity index (χ2v) is 5.88. The van der Waals surface area contributed by atoms with Crippen molar-refractivity contribution in [3.8, 4) is 0 Å². The van der Waals surface area contributed by atoms with Crippen molar-refractivity contribution in [1.29, 1.82) is 0 Å². The summed E-state index contributed by atoms with van der Waals surface area (Å²) in [6.45, 7) is 6.98. The van der Waals surface area contributed by atoms with E-state index in [0.29, 0.717) is 6.54 Å². The quantitative estimate of drug-likeness (QED) is 0.938. The molecule has 0 aliphatic carbocycles. The van der Waals surface area contributed by atoms with E-state index in [1.807, 2.05) is 0 Å². The minimum Gasteiger partial charge on any atom is -0.300 e. The summed E-state index contributed by atoms with van der Waals surface area (Å²) < 4.78 is 42.4. The predicted molar refractivity (Wildman–Crippen MR) is 75.9 cm³/mol. The van der Waals surface area contributed by atoms with Crippen molar-refractivity contribution in [3.05, 3.63) is 23.8 Å². The zero-order chi connectivity index (χ0) is 17.4. The molecule has 0 radical (unpaired) electrons. The molecule has 2 rings (SSSR count). The molecule has 1 amide bonds. The Morgan fingerprint density at radius 2 is 1.96 bits per heavy atom. The van der Waals surface area contributed by atoms with Crippen molar-refractivity contribution in [2.24, 2.45) is 0 Å². The first kappa shape index (κ1) is 17.0. The van der Waals surface area contributed by atoms with E-state index in [-0.39, 0.29) is 5.95 Å². The van der Waals surface area contributed by atoms with E-state index in [9.17, 15) is 18.0 Å². The van der Waals surface area contributed by atoms with Crippen LogP contribution in [0.2, 0.25) is 0 Å². The molecule has 0 atom stereocenters. The van der Waals surface area contributed by atoms with Crippen LogP contribution in [0.15, 0.2) is 12.5 Å². The third-order valence-corrected chi connectivity index (χ3v) is 3.10. The van der Waals surface area contributed by atoms with Gasteiger partial charge in [-0.15, -0.1) is 10.2 Å². The summed E-state index contributed by atoms with van der Waals surface area (Å²) in [5.74, 6) is -0.857. The molecule has 0 saturated heterocycles. The Morgan fingerprint density at radius 1 is 1.30 bits per heavy atom. The largest absolute Gasteiger partial charge is 0.433 e. The number of anilines is 1. The number of hydrogen-bond donors (Lipinski definition) is 1. The Bertz CT molecular complexity index is 710. The zero-order valence-electron chi connectivity index (χ0n) is 13.1. The number of alkyl halides is 3. The summed E-state index contributed by atoms with van der Waals surface area (Å²) in [6.07, 6.45) is -2.43. The zero-order valence-corrected chi connectivity index (χ0v) is 13.1. The van der Waals surface area contributed by atoms with Gasteiger partial charge in [-0.3, -0.25) is 19.4 Å². The first-order chi connectivity index (χ1) is 10.6. The molecule has 1 N–H and O–H groups in total. The predicted octanol–water partition coefficient (Wildman–Crippen LogP) is 2.52. The van der Waals surface area contributed by atoms with Crippen LogP contribution >= 0.6 is 0 Å².